The first-order valence-corrected chi connectivity index (χ1v) is 11.6. The predicted octanol–water partition coefficient (Wildman–Crippen LogP) is 2.23. The van der Waals surface area contributed by atoms with Crippen molar-refractivity contribution in [3.05, 3.63) is 16.1 Å². The SMILES string of the molecule is CCc1nc(CN2CCC(CNC(=NC)N3CC(C)C(C(=O)OC)C3)CC2)cs1. The maximum absolute atomic E-state index is 11.9. The van der Waals surface area contributed by atoms with Crippen molar-refractivity contribution in [2.45, 2.75) is 39.7 Å². The van der Waals surface area contributed by atoms with Crippen LogP contribution in [0.15, 0.2) is 10.4 Å². The number of piperidine rings is 1. The van der Waals surface area contributed by atoms with Gasteiger partial charge in [0.05, 0.1) is 23.7 Å². The summed E-state index contributed by atoms with van der Waals surface area (Å²) in [6.07, 6.45) is 3.40. The zero-order valence-electron chi connectivity index (χ0n) is 18.2. The summed E-state index contributed by atoms with van der Waals surface area (Å²) in [5.41, 5.74) is 1.21. The number of aliphatic imine (C=N–C) groups is 1. The molecule has 29 heavy (non-hydrogen) atoms. The Kier molecular flexibility index (Phi) is 7.89. The van der Waals surface area contributed by atoms with Gasteiger partial charge in [0.15, 0.2) is 5.96 Å². The lowest BCUT2D eigenvalue weighted by atomic mass is 9.97. The number of nitrogens with one attached hydrogen (secondary N) is 1. The Bertz CT molecular complexity index is 699. The van der Waals surface area contributed by atoms with Crippen molar-refractivity contribution in [2.24, 2.45) is 22.7 Å². The van der Waals surface area contributed by atoms with Gasteiger partial charge < -0.3 is 15.0 Å². The van der Waals surface area contributed by atoms with E-state index < -0.39 is 0 Å². The standard InChI is InChI=1S/C21H35N5O2S/c1-5-19-24-17(14-29-19)12-25-8-6-16(7-9-25)10-23-21(22-3)26-11-15(2)18(13-26)20(27)28-4/h14-16,18H,5-13H2,1-4H3,(H,22,23). The zero-order chi connectivity index (χ0) is 20.8. The van der Waals surface area contributed by atoms with Gasteiger partial charge in [0.1, 0.15) is 0 Å². The van der Waals surface area contributed by atoms with Gasteiger partial charge in [0.2, 0.25) is 0 Å². The molecule has 3 heterocycles. The Morgan fingerprint density at radius 2 is 2.14 bits per heavy atom. The number of hydrogen-bond donors (Lipinski definition) is 1. The number of ether oxygens (including phenoxy) is 1. The number of carbonyl (C=O) groups excluding carboxylic acids is 1. The van der Waals surface area contributed by atoms with E-state index in [2.05, 4.69) is 39.3 Å². The molecule has 3 rings (SSSR count). The summed E-state index contributed by atoms with van der Waals surface area (Å²) in [6.45, 7) is 9.93. The molecule has 2 aliphatic rings. The number of aryl methyl sites for hydroxylation is 1. The molecule has 1 N–H and O–H groups in total. The van der Waals surface area contributed by atoms with E-state index in [1.807, 2.05) is 7.05 Å². The molecule has 162 valence electrons. The van der Waals surface area contributed by atoms with Crippen LogP contribution in [0.5, 0.6) is 0 Å². The van der Waals surface area contributed by atoms with Gasteiger partial charge in [-0.3, -0.25) is 14.7 Å². The first-order chi connectivity index (χ1) is 14.0. The third kappa shape index (κ3) is 5.69. The highest BCUT2D eigenvalue weighted by Gasteiger charge is 2.37. The molecule has 2 unspecified atom stereocenters. The Balaban J connectivity index is 1.41. The smallest absolute Gasteiger partial charge is 0.310 e. The Morgan fingerprint density at radius 3 is 2.76 bits per heavy atom. The summed E-state index contributed by atoms with van der Waals surface area (Å²) >= 11 is 1.77. The van der Waals surface area contributed by atoms with Crippen molar-refractivity contribution in [1.82, 2.24) is 20.1 Å². The van der Waals surface area contributed by atoms with Crippen LogP contribution in [0.2, 0.25) is 0 Å². The van der Waals surface area contributed by atoms with E-state index in [9.17, 15) is 4.79 Å². The van der Waals surface area contributed by atoms with Crippen molar-refractivity contribution in [3.8, 4) is 0 Å². The van der Waals surface area contributed by atoms with E-state index in [4.69, 9.17) is 9.72 Å². The number of thiazole rings is 1. The van der Waals surface area contributed by atoms with E-state index in [0.29, 0.717) is 12.5 Å². The second-order valence-electron chi connectivity index (χ2n) is 8.25. The van der Waals surface area contributed by atoms with Crippen molar-refractivity contribution in [3.63, 3.8) is 0 Å². The van der Waals surface area contributed by atoms with Crippen LogP contribution < -0.4 is 5.32 Å². The monoisotopic (exact) mass is 421 g/mol. The molecule has 2 saturated heterocycles. The number of rotatable bonds is 6. The van der Waals surface area contributed by atoms with E-state index in [1.54, 1.807) is 11.3 Å². The average molecular weight is 422 g/mol. The molecule has 2 fully saturated rings. The Hall–Kier alpha value is -1.67. The van der Waals surface area contributed by atoms with Crippen LogP contribution in [-0.4, -0.2) is 73.6 Å². The second-order valence-corrected chi connectivity index (χ2v) is 9.19. The number of hydrogen-bond acceptors (Lipinski definition) is 6. The fraction of sp³-hybridized carbons (Fsp3) is 0.762. The highest BCUT2D eigenvalue weighted by Crippen LogP contribution is 2.24. The molecule has 1 aromatic rings. The first kappa shape index (κ1) is 22.0. The minimum Gasteiger partial charge on any atom is -0.469 e. The topological polar surface area (TPSA) is 70.1 Å². The third-order valence-corrected chi connectivity index (χ3v) is 7.21. The molecule has 7 nitrogen and oxygen atoms in total. The van der Waals surface area contributed by atoms with Crippen molar-refractivity contribution < 1.29 is 9.53 Å². The van der Waals surface area contributed by atoms with E-state index in [1.165, 1.54) is 30.7 Å². The van der Waals surface area contributed by atoms with Gasteiger partial charge >= 0.3 is 5.97 Å². The highest BCUT2D eigenvalue weighted by molar-refractivity contribution is 7.09. The molecule has 0 bridgehead atoms. The number of methoxy groups -OCH3 is 1. The largest absolute Gasteiger partial charge is 0.469 e. The first-order valence-electron chi connectivity index (χ1n) is 10.7. The number of nitrogens with zero attached hydrogens (tertiary/aromatic N) is 4. The van der Waals surface area contributed by atoms with Gasteiger partial charge in [-0.1, -0.05) is 13.8 Å². The van der Waals surface area contributed by atoms with Crippen LogP contribution in [-0.2, 0) is 22.5 Å². The van der Waals surface area contributed by atoms with Crippen LogP contribution in [0.4, 0.5) is 0 Å². The van der Waals surface area contributed by atoms with E-state index in [-0.39, 0.29) is 17.8 Å². The van der Waals surface area contributed by atoms with Crippen LogP contribution in [0.1, 0.15) is 37.4 Å². The fourth-order valence-corrected chi connectivity index (χ4v) is 5.06. The molecule has 8 heteroatoms. The van der Waals surface area contributed by atoms with Gasteiger partial charge in [0.25, 0.3) is 0 Å². The molecule has 2 aliphatic heterocycles. The highest BCUT2D eigenvalue weighted by atomic mass is 32.1. The molecular weight excluding hydrogens is 386 g/mol. The summed E-state index contributed by atoms with van der Waals surface area (Å²) in [7, 11) is 3.29. The molecule has 1 aromatic heterocycles. The second kappa shape index (κ2) is 10.4. The van der Waals surface area contributed by atoms with Gasteiger partial charge in [-0.25, -0.2) is 4.98 Å². The minimum absolute atomic E-state index is 0.0688. The maximum Gasteiger partial charge on any atom is 0.310 e. The molecule has 2 atom stereocenters. The number of likely N-dealkylation sites (tertiary alicyclic amines) is 2. The molecule has 0 aromatic carbocycles. The summed E-state index contributed by atoms with van der Waals surface area (Å²) < 4.78 is 4.95. The van der Waals surface area contributed by atoms with Crippen LogP contribution >= 0.6 is 11.3 Å². The van der Waals surface area contributed by atoms with Gasteiger partial charge in [-0.2, -0.15) is 0 Å². The average Bonchev–Trinajstić information content (AvgIpc) is 3.35. The predicted molar refractivity (Wildman–Crippen MR) is 117 cm³/mol. The summed E-state index contributed by atoms with van der Waals surface area (Å²) in [4.78, 5) is 25.8. The zero-order valence-corrected chi connectivity index (χ0v) is 19.0. The fourth-order valence-electron chi connectivity index (χ4n) is 4.33. The van der Waals surface area contributed by atoms with Gasteiger partial charge in [-0.15, -0.1) is 11.3 Å². The van der Waals surface area contributed by atoms with E-state index >= 15 is 0 Å². The normalized spacial score (nSPS) is 24.1. The van der Waals surface area contributed by atoms with E-state index in [0.717, 1.165) is 45.1 Å². The summed E-state index contributed by atoms with van der Waals surface area (Å²) in [5.74, 6) is 1.65. The van der Waals surface area contributed by atoms with Crippen LogP contribution in [0.3, 0.4) is 0 Å². The van der Waals surface area contributed by atoms with Gasteiger partial charge in [0, 0.05) is 38.6 Å². The Morgan fingerprint density at radius 1 is 1.38 bits per heavy atom. The third-order valence-electron chi connectivity index (χ3n) is 6.17. The number of carbonyl (C=O) groups is 1. The molecular formula is C21H35N5O2S. The summed E-state index contributed by atoms with van der Waals surface area (Å²) in [5, 5.41) is 6.99. The lowest BCUT2D eigenvalue weighted by Crippen LogP contribution is -2.44. The number of esters is 1. The lowest BCUT2D eigenvalue weighted by molar-refractivity contribution is -0.145. The minimum atomic E-state index is -0.117. The van der Waals surface area contributed by atoms with Crippen LogP contribution in [0, 0.1) is 17.8 Å². The maximum atomic E-state index is 11.9. The lowest BCUT2D eigenvalue weighted by Gasteiger charge is -2.32. The molecule has 0 saturated carbocycles. The van der Waals surface area contributed by atoms with Crippen LogP contribution in [0.25, 0.3) is 0 Å². The molecule has 0 amide bonds. The van der Waals surface area contributed by atoms with Crippen molar-refractivity contribution >= 4 is 23.3 Å². The Labute approximate surface area is 178 Å². The molecule has 0 radical (unpaired) electrons. The van der Waals surface area contributed by atoms with Crippen molar-refractivity contribution in [1.29, 1.82) is 0 Å². The molecule has 0 aliphatic carbocycles. The molecule has 0 spiro atoms. The number of guanidine groups is 1. The number of aromatic nitrogens is 1. The van der Waals surface area contributed by atoms with Gasteiger partial charge in [-0.05, 0) is 44.2 Å². The quantitative estimate of drug-likeness (QED) is 0.432. The van der Waals surface area contributed by atoms with Crippen molar-refractivity contribution in [2.75, 3.05) is 46.9 Å². The summed E-state index contributed by atoms with van der Waals surface area (Å²) in [6, 6.07) is 0.